The fourth-order valence-electron chi connectivity index (χ4n) is 3.35. The number of thiazole rings is 1. The van der Waals surface area contributed by atoms with Gasteiger partial charge in [0, 0.05) is 29.9 Å². The molecule has 0 bridgehead atoms. The number of nitrogens with one attached hydrogen (secondary N) is 1. The molecule has 1 aliphatic heterocycles. The minimum absolute atomic E-state index is 0.104. The molecule has 4 rings (SSSR count). The molecule has 4 nitrogen and oxygen atoms in total. The maximum Gasteiger partial charge on any atom is 0.258 e. The Morgan fingerprint density at radius 1 is 1.19 bits per heavy atom. The summed E-state index contributed by atoms with van der Waals surface area (Å²) in [5.41, 5.74) is 4.55. The normalized spacial score (nSPS) is 14.0. The summed E-state index contributed by atoms with van der Waals surface area (Å²) in [5, 5.41) is 5.64. The summed E-state index contributed by atoms with van der Waals surface area (Å²) in [6.45, 7) is 2.80. The summed E-state index contributed by atoms with van der Waals surface area (Å²) < 4.78 is 0. The molecule has 1 N–H and O–H groups in total. The van der Waals surface area contributed by atoms with Gasteiger partial charge < -0.3 is 0 Å². The maximum atomic E-state index is 12.6. The largest absolute Gasteiger partial charge is 0.298 e. The Balaban J connectivity index is 1.40. The molecule has 0 saturated carbocycles. The fourth-order valence-corrected chi connectivity index (χ4v) is 4.64. The van der Waals surface area contributed by atoms with Crippen molar-refractivity contribution in [3.05, 3.63) is 76.3 Å². The summed E-state index contributed by atoms with van der Waals surface area (Å²) in [6.07, 6.45) is 3.06. The lowest BCUT2D eigenvalue weighted by Crippen LogP contribution is -2.30. The lowest BCUT2D eigenvalue weighted by molar-refractivity contribution is 0.102. The molecule has 2 heterocycles. The molecule has 1 aromatic heterocycles. The van der Waals surface area contributed by atoms with Crippen LogP contribution in [0.2, 0.25) is 0 Å². The van der Waals surface area contributed by atoms with E-state index in [9.17, 15) is 4.79 Å². The highest BCUT2D eigenvalue weighted by atomic mass is 32.2. The molecule has 0 fully saturated rings. The first kappa shape index (κ1) is 18.2. The molecule has 0 radical (unpaired) electrons. The number of anilines is 1. The van der Waals surface area contributed by atoms with E-state index < -0.39 is 0 Å². The average Bonchev–Trinajstić information content (AvgIpc) is 3.14. The number of thioether (sulfide) groups is 1. The summed E-state index contributed by atoms with van der Waals surface area (Å²) in [6, 6.07) is 16.3. The molecular weight excluding hydrogens is 374 g/mol. The third kappa shape index (κ3) is 4.24. The van der Waals surface area contributed by atoms with Gasteiger partial charge in [0.15, 0.2) is 5.13 Å². The van der Waals surface area contributed by atoms with Crippen LogP contribution < -0.4 is 5.32 Å². The Morgan fingerprint density at radius 2 is 1.96 bits per heavy atom. The Hall–Kier alpha value is -2.15. The van der Waals surface area contributed by atoms with Gasteiger partial charge >= 0.3 is 0 Å². The lowest BCUT2D eigenvalue weighted by atomic mass is 10.00. The summed E-state index contributed by atoms with van der Waals surface area (Å²) >= 11 is 3.06. The van der Waals surface area contributed by atoms with Gasteiger partial charge in [0.1, 0.15) is 0 Å². The Labute approximate surface area is 167 Å². The van der Waals surface area contributed by atoms with Crippen molar-refractivity contribution in [2.75, 3.05) is 18.1 Å². The predicted octanol–water partition coefficient (Wildman–Crippen LogP) is 4.68. The van der Waals surface area contributed by atoms with Crippen molar-refractivity contribution < 1.29 is 4.79 Å². The topological polar surface area (TPSA) is 45.2 Å². The molecule has 6 heteroatoms. The molecule has 2 aromatic carbocycles. The van der Waals surface area contributed by atoms with Gasteiger partial charge in [0.05, 0.1) is 11.3 Å². The number of benzene rings is 2. The van der Waals surface area contributed by atoms with E-state index in [0.717, 1.165) is 36.6 Å². The molecule has 0 aliphatic carbocycles. The monoisotopic (exact) mass is 395 g/mol. The van der Waals surface area contributed by atoms with Crippen molar-refractivity contribution >= 4 is 34.1 Å². The van der Waals surface area contributed by atoms with Crippen molar-refractivity contribution in [1.82, 2.24) is 9.88 Å². The fraction of sp³-hybridized carbons (Fsp3) is 0.238. The molecule has 0 saturated heterocycles. The minimum Gasteiger partial charge on any atom is -0.298 e. The smallest absolute Gasteiger partial charge is 0.258 e. The van der Waals surface area contributed by atoms with E-state index in [0.29, 0.717) is 10.7 Å². The molecule has 3 aromatic rings. The second-order valence-electron chi connectivity index (χ2n) is 6.53. The van der Waals surface area contributed by atoms with Crippen molar-refractivity contribution in [3.63, 3.8) is 0 Å². The van der Waals surface area contributed by atoms with Crippen LogP contribution in [0, 0.1) is 0 Å². The Kier molecular flexibility index (Phi) is 5.57. The zero-order chi connectivity index (χ0) is 18.6. The van der Waals surface area contributed by atoms with E-state index >= 15 is 0 Å². The second kappa shape index (κ2) is 8.25. The first-order valence-electron chi connectivity index (χ1n) is 8.91. The number of nitrogens with zero attached hydrogens (tertiary/aromatic N) is 2. The number of fused-ring (bicyclic) bond motifs is 1. The van der Waals surface area contributed by atoms with Gasteiger partial charge in [0.2, 0.25) is 0 Å². The SMILES string of the molecule is CSc1ccccc1C(=O)Nc1nc(CN2CCc3ccccc3C2)cs1. The molecule has 1 amide bonds. The van der Waals surface area contributed by atoms with Crippen LogP contribution in [-0.4, -0.2) is 28.6 Å². The van der Waals surface area contributed by atoms with Crippen molar-refractivity contribution in [3.8, 4) is 0 Å². The summed E-state index contributed by atoms with van der Waals surface area (Å²) in [4.78, 5) is 20.6. The molecule has 0 unspecified atom stereocenters. The molecule has 27 heavy (non-hydrogen) atoms. The van der Waals surface area contributed by atoms with Crippen LogP contribution in [0.3, 0.4) is 0 Å². The average molecular weight is 396 g/mol. The van der Waals surface area contributed by atoms with E-state index in [4.69, 9.17) is 0 Å². The maximum absolute atomic E-state index is 12.6. The van der Waals surface area contributed by atoms with Crippen LogP contribution in [-0.2, 0) is 19.5 Å². The zero-order valence-electron chi connectivity index (χ0n) is 15.1. The van der Waals surface area contributed by atoms with E-state index in [1.165, 1.54) is 22.5 Å². The number of amides is 1. The molecule has 138 valence electrons. The minimum atomic E-state index is -0.104. The van der Waals surface area contributed by atoms with Crippen LogP contribution in [0.5, 0.6) is 0 Å². The zero-order valence-corrected chi connectivity index (χ0v) is 16.8. The quantitative estimate of drug-likeness (QED) is 0.638. The summed E-state index contributed by atoms with van der Waals surface area (Å²) in [5.74, 6) is -0.104. The van der Waals surface area contributed by atoms with E-state index in [-0.39, 0.29) is 5.91 Å². The summed E-state index contributed by atoms with van der Waals surface area (Å²) in [7, 11) is 0. The number of carbonyl (C=O) groups excluding carboxylic acids is 1. The molecule has 1 aliphatic rings. The van der Waals surface area contributed by atoms with Crippen LogP contribution in [0.4, 0.5) is 5.13 Å². The van der Waals surface area contributed by atoms with E-state index in [1.54, 1.807) is 11.8 Å². The highest BCUT2D eigenvalue weighted by Gasteiger charge is 2.17. The van der Waals surface area contributed by atoms with Gasteiger partial charge in [0.25, 0.3) is 5.91 Å². The number of hydrogen-bond donors (Lipinski definition) is 1. The van der Waals surface area contributed by atoms with Crippen LogP contribution in [0.25, 0.3) is 0 Å². The Bertz CT molecular complexity index is 954. The van der Waals surface area contributed by atoms with Gasteiger partial charge in [-0.2, -0.15) is 0 Å². The van der Waals surface area contributed by atoms with Crippen LogP contribution in [0.15, 0.2) is 58.8 Å². The van der Waals surface area contributed by atoms with Crippen molar-refractivity contribution in [2.45, 2.75) is 24.4 Å². The third-order valence-corrected chi connectivity index (χ3v) is 6.32. The van der Waals surface area contributed by atoms with Crippen LogP contribution >= 0.6 is 23.1 Å². The van der Waals surface area contributed by atoms with E-state index in [1.807, 2.05) is 35.9 Å². The predicted molar refractivity (Wildman–Crippen MR) is 113 cm³/mol. The van der Waals surface area contributed by atoms with Gasteiger partial charge in [-0.1, -0.05) is 36.4 Å². The van der Waals surface area contributed by atoms with Crippen molar-refractivity contribution in [2.24, 2.45) is 0 Å². The second-order valence-corrected chi connectivity index (χ2v) is 8.23. The van der Waals surface area contributed by atoms with Crippen LogP contribution in [0.1, 0.15) is 27.2 Å². The number of carbonyl (C=O) groups is 1. The Morgan fingerprint density at radius 3 is 2.81 bits per heavy atom. The third-order valence-electron chi connectivity index (χ3n) is 4.72. The number of rotatable bonds is 5. The standard InChI is InChI=1S/C21H21N3OS2/c1-26-19-9-5-4-8-18(19)20(25)23-21-22-17(14-27-21)13-24-11-10-15-6-2-3-7-16(15)12-24/h2-9,14H,10-13H2,1H3,(H,22,23,25). The van der Waals surface area contributed by atoms with Gasteiger partial charge in [-0.05, 0) is 35.9 Å². The highest BCUT2D eigenvalue weighted by Crippen LogP contribution is 2.24. The molecule has 0 atom stereocenters. The van der Waals surface area contributed by atoms with E-state index in [2.05, 4.69) is 39.5 Å². The highest BCUT2D eigenvalue weighted by molar-refractivity contribution is 7.98. The number of aromatic nitrogens is 1. The molecular formula is C21H21N3OS2. The first-order chi connectivity index (χ1) is 13.2. The lowest BCUT2D eigenvalue weighted by Gasteiger charge is -2.27. The molecule has 0 spiro atoms. The van der Waals surface area contributed by atoms with Gasteiger partial charge in [-0.25, -0.2) is 4.98 Å². The number of hydrogen-bond acceptors (Lipinski definition) is 5. The van der Waals surface area contributed by atoms with Gasteiger partial charge in [-0.15, -0.1) is 23.1 Å². The van der Waals surface area contributed by atoms with Gasteiger partial charge in [-0.3, -0.25) is 15.0 Å². The van der Waals surface area contributed by atoms with Crippen molar-refractivity contribution in [1.29, 1.82) is 0 Å². The first-order valence-corrected chi connectivity index (χ1v) is 11.0.